The van der Waals surface area contributed by atoms with E-state index in [0.717, 1.165) is 12.8 Å². The summed E-state index contributed by atoms with van der Waals surface area (Å²) >= 11 is 0. The molecule has 102 valence electrons. The lowest BCUT2D eigenvalue weighted by Crippen LogP contribution is -2.41. The van der Waals surface area contributed by atoms with E-state index in [1.54, 1.807) is 4.90 Å². The molecule has 7 heteroatoms. The molecule has 0 saturated carbocycles. The Hall–Kier alpha value is -1.63. The van der Waals surface area contributed by atoms with Gasteiger partial charge in [0.1, 0.15) is 0 Å². The third-order valence-corrected chi connectivity index (χ3v) is 3.07. The van der Waals surface area contributed by atoms with E-state index in [4.69, 9.17) is 5.73 Å². The van der Waals surface area contributed by atoms with Gasteiger partial charge in [-0.2, -0.15) is 15.0 Å². The molecule has 0 amide bonds. The Labute approximate surface area is 107 Å². The highest BCUT2D eigenvalue weighted by Crippen LogP contribution is 2.20. The minimum atomic E-state index is -0.419. The number of hydrogen-bond acceptors (Lipinski definition) is 7. The van der Waals surface area contributed by atoms with Crippen molar-refractivity contribution in [1.82, 2.24) is 15.0 Å². The summed E-state index contributed by atoms with van der Waals surface area (Å²) in [4.78, 5) is 14.1. The number of aliphatic hydroxyl groups is 1. The molecule has 0 aromatic carbocycles. The first-order valence-corrected chi connectivity index (χ1v) is 6.04. The molecule has 1 aromatic rings. The number of nitrogens with two attached hydrogens (primary N) is 1. The van der Waals surface area contributed by atoms with E-state index < -0.39 is 5.54 Å². The van der Waals surface area contributed by atoms with Crippen molar-refractivity contribution in [3.05, 3.63) is 0 Å². The SMILES string of the molecule is CCC(CC)(CO)Nc1nc(N)nc(N(C)C)n1. The largest absolute Gasteiger partial charge is 0.394 e. The molecule has 18 heavy (non-hydrogen) atoms. The summed E-state index contributed by atoms with van der Waals surface area (Å²) in [6.45, 7) is 4.02. The summed E-state index contributed by atoms with van der Waals surface area (Å²) in [5.41, 5.74) is 5.23. The molecule has 0 aliphatic heterocycles. The van der Waals surface area contributed by atoms with Crippen LogP contribution in [0, 0.1) is 0 Å². The maximum atomic E-state index is 9.51. The summed E-state index contributed by atoms with van der Waals surface area (Å²) in [6.07, 6.45) is 1.53. The first-order chi connectivity index (χ1) is 8.46. The van der Waals surface area contributed by atoms with Crippen LogP contribution in [0.25, 0.3) is 0 Å². The topological polar surface area (TPSA) is 100 Å². The first-order valence-electron chi connectivity index (χ1n) is 6.04. The third kappa shape index (κ3) is 3.19. The summed E-state index contributed by atoms with van der Waals surface area (Å²) in [5, 5.41) is 12.7. The zero-order valence-corrected chi connectivity index (χ0v) is 11.4. The van der Waals surface area contributed by atoms with Gasteiger partial charge in [0.05, 0.1) is 12.1 Å². The van der Waals surface area contributed by atoms with Crippen LogP contribution in [0.1, 0.15) is 26.7 Å². The molecule has 1 heterocycles. The van der Waals surface area contributed by atoms with Crippen molar-refractivity contribution in [3.8, 4) is 0 Å². The van der Waals surface area contributed by atoms with Crippen molar-refractivity contribution in [1.29, 1.82) is 0 Å². The second kappa shape index (κ2) is 5.81. The molecule has 0 aliphatic rings. The highest BCUT2D eigenvalue weighted by atomic mass is 16.3. The molecule has 1 rings (SSSR count). The van der Waals surface area contributed by atoms with Crippen LogP contribution in [0.4, 0.5) is 17.8 Å². The second-order valence-electron chi connectivity index (χ2n) is 4.48. The number of aromatic nitrogens is 3. The zero-order chi connectivity index (χ0) is 13.8. The van der Waals surface area contributed by atoms with E-state index in [-0.39, 0.29) is 12.6 Å². The first kappa shape index (κ1) is 14.4. The highest BCUT2D eigenvalue weighted by Gasteiger charge is 2.26. The summed E-state index contributed by atoms with van der Waals surface area (Å²) in [5.74, 6) is 1.04. The van der Waals surface area contributed by atoms with Crippen LogP contribution in [-0.2, 0) is 0 Å². The average Bonchev–Trinajstić information content (AvgIpc) is 2.35. The normalized spacial score (nSPS) is 11.4. The number of nitrogens with zero attached hydrogens (tertiary/aromatic N) is 4. The van der Waals surface area contributed by atoms with Crippen LogP contribution in [0.5, 0.6) is 0 Å². The van der Waals surface area contributed by atoms with E-state index in [0.29, 0.717) is 11.9 Å². The Balaban J connectivity index is 3.03. The molecule has 7 nitrogen and oxygen atoms in total. The molecule has 0 atom stereocenters. The van der Waals surface area contributed by atoms with Crippen molar-refractivity contribution in [2.24, 2.45) is 0 Å². The van der Waals surface area contributed by atoms with Gasteiger partial charge in [0, 0.05) is 14.1 Å². The number of rotatable bonds is 6. The van der Waals surface area contributed by atoms with Crippen LogP contribution < -0.4 is 16.0 Å². The summed E-state index contributed by atoms with van der Waals surface area (Å²) < 4.78 is 0. The van der Waals surface area contributed by atoms with Crippen molar-refractivity contribution < 1.29 is 5.11 Å². The van der Waals surface area contributed by atoms with Crippen molar-refractivity contribution in [2.45, 2.75) is 32.2 Å². The molecule has 4 N–H and O–H groups in total. The Morgan fingerprint density at radius 3 is 2.28 bits per heavy atom. The van der Waals surface area contributed by atoms with Crippen LogP contribution in [0.2, 0.25) is 0 Å². The number of anilines is 3. The molecule has 1 aromatic heterocycles. The fourth-order valence-corrected chi connectivity index (χ4v) is 1.56. The quantitative estimate of drug-likeness (QED) is 0.679. The summed E-state index contributed by atoms with van der Waals surface area (Å²) in [7, 11) is 3.66. The minimum absolute atomic E-state index is 0.0168. The van der Waals surface area contributed by atoms with Gasteiger partial charge in [-0.15, -0.1) is 0 Å². The van der Waals surface area contributed by atoms with Gasteiger partial charge in [-0.1, -0.05) is 13.8 Å². The molecular formula is C11H22N6O. The standard InChI is InChI=1S/C11H22N6O/c1-5-11(6-2,7-18)16-9-13-8(12)14-10(15-9)17(3)4/h18H,5-7H2,1-4H3,(H3,12,13,14,15,16). The predicted octanol–water partition coefficient (Wildman–Crippen LogP) is 0.483. The zero-order valence-electron chi connectivity index (χ0n) is 11.4. The van der Waals surface area contributed by atoms with Crippen molar-refractivity contribution in [3.63, 3.8) is 0 Å². The van der Waals surface area contributed by atoms with E-state index in [9.17, 15) is 5.11 Å². The number of hydrogen-bond donors (Lipinski definition) is 3. The molecule has 0 fully saturated rings. The Morgan fingerprint density at radius 2 is 1.83 bits per heavy atom. The van der Waals surface area contributed by atoms with E-state index in [2.05, 4.69) is 20.3 Å². The second-order valence-corrected chi connectivity index (χ2v) is 4.48. The molecule has 0 bridgehead atoms. The summed E-state index contributed by atoms with van der Waals surface area (Å²) in [6, 6.07) is 0. The van der Waals surface area contributed by atoms with Crippen LogP contribution in [-0.4, -0.2) is 46.3 Å². The lowest BCUT2D eigenvalue weighted by atomic mass is 9.94. The molecule has 0 unspecified atom stereocenters. The van der Waals surface area contributed by atoms with E-state index in [1.165, 1.54) is 0 Å². The number of nitrogens with one attached hydrogen (secondary N) is 1. The van der Waals surface area contributed by atoms with Gasteiger partial charge in [-0.3, -0.25) is 0 Å². The molecule has 0 saturated heterocycles. The smallest absolute Gasteiger partial charge is 0.231 e. The predicted molar refractivity (Wildman–Crippen MR) is 72.6 cm³/mol. The number of nitrogen functional groups attached to an aromatic ring is 1. The maximum absolute atomic E-state index is 9.51. The van der Waals surface area contributed by atoms with Gasteiger partial charge in [-0.25, -0.2) is 0 Å². The van der Waals surface area contributed by atoms with Gasteiger partial charge in [0.2, 0.25) is 17.8 Å². The van der Waals surface area contributed by atoms with Gasteiger partial charge in [-0.05, 0) is 12.8 Å². The maximum Gasteiger partial charge on any atom is 0.231 e. The van der Waals surface area contributed by atoms with Gasteiger partial charge < -0.3 is 21.1 Å². The third-order valence-electron chi connectivity index (χ3n) is 3.07. The lowest BCUT2D eigenvalue weighted by Gasteiger charge is -2.30. The Bertz CT molecular complexity index is 383. The highest BCUT2D eigenvalue weighted by molar-refractivity contribution is 5.42. The van der Waals surface area contributed by atoms with Gasteiger partial charge in [0.15, 0.2) is 0 Å². The van der Waals surface area contributed by atoms with Crippen molar-refractivity contribution >= 4 is 17.8 Å². The van der Waals surface area contributed by atoms with E-state index >= 15 is 0 Å². The minimum Gasteiger partial charge on any atom is -0.394 e. The fourth-order valence-electron chi connectivity index (χ4n) is 1.56. The lowest BCUT2D eigenvalue weighted by molar-refractivity contribution is 0.201. The average molecular weight is 254 g/mol. The molecule has 0 aliphatic carbocycles. The van der Waals surface area contributed by atoms with Crippen LogP contribution in [0.3, 0.4) is 0 Å². The number of aliphatic hydroxyl groups excluding tert-OH is 1. The Morgan fingerprint density at radius 1 is 1.22 bits per heavy atom. The fraction of sp³-hybridized carbons (Fsp3) is 0.727. The Kier molecular flexibility index (Phi) is 4.66. The molecule has 0 spiro atoms. The molecular weight excluding hydrogens is 232 g/mol. The van der Waals surface area contributed by atoms with Gasteiger partial charge in [0.25, 0.3) is 0 Å². The van der Waals surface area contributed by atoms with E-state index in [1.807, 2.05) is 27.9 Å². The van der Waals surface area contributed by atoms with Crippen molar-refractivity contribution in [2.75, 3.05) is 36.7 Å². The molecule has 0 radical (unpaired) electrons. The van der Waals surface area contributed by atoms with Gasteiger partial charge >= 0.3 is 0 Å². The monoisotopic (exact) mass is 254 g/mol. The van der Waals surface area contributed by atoms with Crippen LogP contribution >= 0.6 is 0 Å². The van der Waals surface area contributed by atoms with Crippen LogP contribution in [0.15, 0.2) is 0 Å².